The van der Waals surface area contributed by atoms with Gasteiger partial charge in [-0.2, -0.15) is 0 Å². The summed E-state index contributed by atoms with van der Waals surface area (Å²) in [4.78, 5) is 1.25. The third-order valence-corrected chi connectivity index (χ3v) is 1.68. The summed E-state index contributed by atoms with van der Waals surface area (Å²) in [6, 6.07) is 4.04. The van der Waals surface area contributed by atoms with E-state index in [1.807, 2.05) is 17.5 Å². The summed E-state index contributed by atoms with van der Waals surface area (Å²) < 4.78 is 0. The Balaban J connectivity index is 0.000000490. The normalized spacial score (nSPS) is 8.12. The van der Waals surface area contributed by atoms with Gasteiger partial charge in [-0.1, -0.05) is 6.07 Å². The first kappa shape index (κ1) is 8.14. The Morgan fingerprint density at radius 1 is 1.62 bits per heavy atom. The van der Waals surface area contributed by atoms with Crippen LogP contribution in [-0.4, -0.2) is 0 Å². The van der Waals surface area contributed by atoms with Crippen LogP contribution in [-0.2, 0) is 6.54 Å². The molecule has 1 heterocycles. The Morgan fingerprint density at radius 3 is 2.62 bits per heavy atom. The lowest BCUT2D eigenvalue weighted by Gasteiger charge is -1.79. The van der Waals surface area contributed by atoms with Gasteiger partial charge in [-0.3, -0.25) is 0 Å². The van der Waals surface area contributed by atoms with Crippen molar-refractivity contribution in [3.63, 3.8) is 0 Å². The fraction of sp³-hybridized carbons (Fsp3) is 0.200. The predicted molar refractivity (Wildman–Crippen MR) is 42.5 cm³/mol. The molecule has 0 aromatic carbocycles. The summed E-state index contributed by atoms with van der Waals surface area (Å²) in [5.41, 5.74) is 5.30. The van der Waals surface area contributed by atoms with Crippen molar-refractivity contribution in [1.82, 2.24) is 0 Å². The quantitative estimate of drug-likeness (QED) is 0.724. The second kappa shape index (κ2) is 4.06. The summed E-state index contributed by atoms with van der Waals surface area (Å²) >= 11 is 1.70. The van der Waals surface area contributed by atoms with E-state index in [2.05, 4.69) is 0 Å². The molecular formula is C5H8BrNS. The van der Waals surface area contributed by atoms with Crippen molar-refractivity contribution in [2.24, 2.45) is 5.73 Å². The maximum absolute atomic E-state index is 5.30. The van der Waals surface area contributed by atoms with E-state index in [4.69, 9.17) is 5.73 Å². The molecule has 0 atom stereocenters. The van der Waals surface area contributed by atoms with E-state index in [1.165, 1.54) is 4.88 Å². The van der Waals surface area contributed by atoms with Crippen molar-refractivity contribution < 1.29 is 0 Å². The Bertz CT molecular complexity index is 127. The van der Waals surface area contributed by atoms with Crippen molar-refractivity contribution in [2.45, 2.75) is 6.54 Å². The topological polar surface area (TPSA) is 26.0 Å². The van der Waals surface area contributed by atoms with Crippen LogP contribution in [0.25, 0.3) is 0 Å². The van der Waals surface area contributed by atoms with Gasteiger partial charge in [0.15, 0.2) is 0 Å². The van der Waals surface area contributed by atoms with Crippen LogP contribution in [0.15, 0.2) is 17.5 Å². The minimum absolute atomic E-state index is 0. The summed E-state index contributed by atoms with van der Waals surface area (Å²) in [6.45, 7) is 0.678. The molecule has 0 aliphatic heterocycles. The molecule has 0 saturated carbocycles. The van der Waals surface area contributed by atoms with Gasteiger partial charge in [0.2, 0.25) is 0 Å². The van der Waals surface area contributed by atoms with Gasteiger partial charge in [0, 0.05) is 11.4 Å². The van der Waals surface area contributed by atoms with E-state index in [-0.39, 0.29) is 17.0 Å². The molecule has 1 aromatic rings. The van der Waals surface area contributed by atoms with Crippen molar-refractivity contribution >= 4 is 28.3 Å². The maximum atomic E-state index is 5.30. The standard InChI is InChI=1S/C5H7NS.BrH/c6-4-5-2-1-3-7-5;/h1-3H,4,6H2;1H. The zero-order valence-electron chi connectivity index (χ0n) is 4.33. The molecule has 0 saturated heterocycles. The molecule has 46 valence electrons. The molecule has 8 heavy (non-hydrogen) atoms. The fourth-order valence-electron chi connectivity index (χ4n) is 0.429. The van der Waals surface area contributed by atoms with Crippen molar-refractivity contribution in [2.75, 3.05) is 0 Å². The molecule has 0 bridgehead atoms. The highest BCUT2D eigenvalue weighted by Crippen LogP contribution is 2.05. The third kappa shape index (κ3) is 1.94. The number of hydrogen-bond acceptors (Lipinski definition) is 2. The van der Waals surface area contributed by atoms with Crippen LogP contribution in [0.4, 0.5) is 0 Å². The predicted octanol–water partition coefficient (Wildman–Crippen LogP) is 1.78. The van der Waals surface area contributed by atoms with E-state index in [9.17, 15) is 0 Å². The monoisotopic (exact) mass is 193 g/mol. The van der Waals surface area contributed by atoms with E-state index in [0.29, 0.717) is 6.54 Å². The Hall–Kier alpha value is 0.140. The van der Waals surface area contributed by atoms with Gasteiger partial charge in [0.25, 0.3) is 0 Å². The van der Waals surface area contributed by atoms with Crippen LogP contribution in [0.2, 0.25) is 0 Å². The van der Waals surface area contributed by atoms with Gasteiger partial charge in [-0.05, 0) is 11.4 Å². The van der Waals surface area contributed by atoms with E-state index < -0.39 is 0 Å². The molecular weight excluding hydrogens is 186 g/mol. The first-order valence-corrected chi connectivity index (χ1v) is 3.04. The molecule has 0 radical (unpaired) electrons. The highest BCUT2D eigenvalue weighted by atomic mass is 79.9. The fourth-order valence-corrected chi connectivity index (χ4v) is 1.01. The van der Waals surface area contributed by atoms with Gasteiger partial charge in [0.1, 0.15) is 0 Å². The van der Waals surface area contributed by atoms with Gasteiger partial charge in [-0.25, -0.2) is 0 Å². The Labute approximate surface area is 63.3 Å². The molecule has 0 fully saturated rings. The lowest BCUT2D eigenvalue weighted by molar-refractivity contribution is 1.11. The number of nitrogens with two attached hydrogens (primary N) is 1. The summed E-state index contributed by atoms with van der Waals surface area (Å²) in [6.07, 6.45) is 0. The van der Waals surface area contributed by atoms with Crippen LogP contribution in [0.1, 0.15) is 4.88 Å². The molecule has 0 aliphatic rings. The molecule has 1 aromatic heterocycles. The highest BCUT2D eigenvalue weighted by Gasteiger charge is 1.82. The molecule has 3 heteroatoms. The third-order valence-electron chi connectivity index (χ3n) is 0.781. The van der Waals surface area contributed by atoms with Crippen LogP contribution in [0.5, 0.6) is 0 Å². The molecule has 0 amide bonds. The Kier molecular flexibility index (Phi) is 4.13. The first-order valence-electron chi connectivity index (χ1n) is 2.16. The average Bonchev–Trinajstić information content (AvgIpc) is 2.14. The number of hydrogen-bond donors (Lipinski definition) is 1. The van der Waals surface area contributed by atoms with Gasteiger partial charge < -0.3 is 5.73 Å². The number of rotatable bonds is 1. The first-order chi connectivity index (χ1) is 3.43. The summed E-state index contributed by atoms with van der Waals surface area (Å²) in [5.74, 6) is 0. The Morgan fingerprint density at radius 2 is 2.38 bits per heavy atom. The molecule has 2 N–H and O–H groups in total. The van der Waals surface area contributed by atoms with Crippen molar-refractivity contribution in [1.29, 1.82) is 0 Å². The van der Waals surface area contributed by atoms with E-state index in [1.54, 1.807) is 11.3 Å². The van der Waals surface area contributed by atoms with Gasteiger partial charge >= 0.3 is 0 Å². The number of halogens is 1. The van der Waals surface area contributed by atoms with Crippen LogP contribution < -0.4 is 5.73 Å². The molecule has 1 nitrogen and oxygen atoms in total. The van der Waals surface area contributed by atoms with Crippen molar-refractivity contribution in [3.8, 4) is 0 Å². The van der Waals surface area contributed by atoms with E-state index in [0.717, 1.165) is 0 Å². The zero-order valence-corrected chi connectivity index (χ0v) is 6.86. The second-order valence-electron chi connectivity index (χ2n) is 1.28. The second-order valence-corrected chi connectivity index (χ2v) is 2.32. The zero-order chi connectivity index (χ0) is 5.11. The minimum atomic E-state index is 0. The van der Waals surface area contributed by atoms with Gasteiger partial charge in [0.05, 0.1) is 0 Å². The van der Waals surface area contributed by atoms with Crippen molar-refractivity contribution in [3.05, 3.63) is 22.4 Å². The molecule has 0 spiro atoms. The molecule has 0 aliphatic carbocycles. The smallest absolute Gasteiger partial charge is 0.0273 e. The largest absolute Gasteiger partial charge is 0.326 e. The van der Waals surface area contributed by atoms with Crippen LogP contribution >= 0.6 is 28.3 Å². The lowest BCUT2D eigenvalue weighted by Crippen LogP contribution is -1.90. The minimum Gasteiger partial charge on any atom is -0.326 e. The summed E-state index contributed by atoms with van der Waals surface area (Å²) in [5, 5.41) is 2.03. The van der Waals surface area contributed by atoms with Crippen LogP contribution in [0.3, 0.4) is 0 Å². The SMILES string of the molecule is Br.NCc1cccs1. The van der Waals surface area contributed by atoms with E-state index >= 15 is 0 Å². The van der Waals surface area contributed by atoms with Gasteiger partial charge in [-0.15, -0.1) is 28.3 Å². The molecule has 0 unspecified atom stereocenters. The average molecular weight is 194 g/mol. The lowest BCUT2D eigenvalue weighted by atomic mass is 10.5. The number of thiophene rings is 1. The van der Waals surface area contributed by atoms with Crippen LogP contribution in [0, 0.1) is 0 Å². The maximum Gasteiger partial charge on any atom is 0.0273 e. The summed E-state index contributed by atoms with van der Waals surface area (Å²) in [7, 11) is 0. The molecule has 1 rings (SSSR count). The highest BCUT2D eigenvalue weighted by molar-refractivity contribution is 8.93.